The Morgan fingerprint density at radius 2 is 1.77 bits per heavy atom. The third-order valence-electron chi connectivity index (χ3n) is 6.57. The summed E-state index contributed by atoms with van der Waals surface area (Å²) < 4.78 is 3.70. The molecule has 0 aliphatic carbocycles. The Balaban J connectivity index is 1.50. The maximum Gasteiger partial charge on any atom is 0.258 e. The van der Waals surface area contributed by atoms with Gasteiger partial charge < -0.3 is 9.30 Å². The van der Waals surface area contributed by atoms with E-state index in [4.69, 9.17) is 4.98 Å². The maximum absolute atomic E-state index is 13.0. The fourth-order valence-corrected chi connectivity index (χ4v) is 4.79. The molecule has 4 aromatic heterocycles. The van der Waals surface area contributed by atoms with Crippen LogP contribution >= 0.6 is 0 Å². The summed E-state index contributed by atoms with van der Waals surface area (Å²) in [4.78, 5) is 24.9. The lowest BCUT2D eigenvalue weighted by Gasteiger charge is -2.34. The number of fused-ring (bicyclic) bond motifs is 2. The fraction of sp³-hybridized carbons (Fsp3) is 0.400. The van der Waals surface area contributed by atoms with Crippen LogP contribution < -0.4 is 5.56 Å². The van der Waals surface area contributed by atoms with Gasteiger partial charge in [-0.1, -0.05) is 6.07 Å². The number of piperidine rings is 1. The molecule has 4 aromatic rings. The normalized spacial score (nSPS) is 16.0. The zero-order valence-electron chi connectivity index (χ0n) is 18.7. The Bertz CT molecular complexity index is 1330. The van der Waals surface area contributed by atoms with Crippen LogP contribution in [0.2, 0.25) is 0 Å². The van der Waals surface area contributed by atoms with E-state index in [1.165, 1.54) is 5.56 Å². The lowest BCUT2D eigenvalue weighted by molar-refractivity contribution is 0.172. The van der Waals surface area contributed by atoms with Crippen molar-refractivity contribution in [2.45, 2.75) is 52.5 Å². The van der Waals surface area contributed by atoms with Crippen LogP contribution in [0.1, 0.15) is 49.4 Å². The summed E-state index contributed by atoms with van der Waals surface area (Å²) in [5.41, 5.74) is 6.47. The van der Waals surface area contributed by atoms with Crippen molar-refractivity contribution >= 4 is 11.3 Å². The predicted molar refractivity (Wildman–Crippen MR) is 124 cm³/mol. The zero-order chi connectivity index (χ0) is 21.7. The van der Waals surface area contributed by atoms with Gasteiger partial charge in [-0.2, -0.15) is 0 Å². The summed E-state index contributed by atoms with van der Waals surface area (Å²) in [6.45, 7) is 10.8. The number of nitrogens with zero attached hydrogens (tertiary/aromatic N) is 5. The van der Waals surface area contributed by atoms with E-state index in [-0.39, 0.29) is 5.56 Å². The molecular formula is C25H29N5O. The van der Waals surface area contributed by atoms with Crippen LogP contribution in [-0.4, -0.2) is 42.8 Å². The molecule has 0 amide bonds. The minimum atomic E-state index is -0.0407. The summed E-state index contributed by atoms with van der Waals surface area (Å²) in [6, 6.07) is 8.42. The van der Waals surface area contributed by atoms with E-state index in [1.54, 1.807) is 10.5 Å². The second kappa shape index (κ2) is 7.61. The van der Waals surface area contributed by atoms with Gasteiger partial charge in [0.25, 0.3) is 5.56 Å². The van der Waals surface area contributed by atoms with Gasteiger partial charge in [0, 0.05) is 36.3 Å². The second-order valence-corrected chi connectivity index (χ2v) is 9.10. The summed E-state index contributed by atoms with van der Waals surface area (Å²) in [5.74, 6) is 0.500. The molecular weight excluding hydrogens is 386 g/mol. The van der Waals surface area contributed by atoms with Gasteiger partial charge in [0.2, 0.25) is 0 Å². The lowest BCUT2D eigenvalue weighted by atomic mass is 9.90. The lowest BCUT2D eigenvalue weighted by Crippen LogP contribution is -2.37. The molecule has 0 spiro atoms. The molecule has 0 atom stereocenters. The van der Waals surface area contributed by atoms with E-state index >= 15 is 0 Å². The van der Waals surface area contributed by atoms with Crippen molar-refractivity contribution in [3.8, 4) is 11.3 Å². The second-order valence-electron chi connectivity index (χ2n) is 9.10. The highest BCUT2D eigenvalue weighted by atomic mass is 16.1. The Labute approximate surface area is 182 Å². The highest BCUT2D eigenvalue weighted by Gasteiger charge is 2.22. The number of hydrogen-bond donors (Lipinski definition) is 0. The van der Waals surface area contributed by atoms with Gasteiger partial charge in [-0.25, -0.2) is 9.97 Å². The largest absolute Gasteiger partial charge is 0.306 e. The van der Waals surface area contributed by atoms with Gasteiger partial charge in [0.15, 0.2) is 0 Å². The average Bonchev–Trinajstić information content (AvgIpc) is 3.14. The van der Waals surface area contributed by atoms with E-state index in [9.17, 15) is 4.79 Å². The third kappa shape index (κ3) is 3.65. The van der Waals surface area contributed by atoms with Gasteiger partial charge in [0.05, 0.1) is 11.4 Å². The number of aromatic nitrogens is 4. The Morgan fingerprint density at radius 1 is 1.00 bits per heavy atom. The number of pyridine rings is 2. The van der Waals surface area contributed by atoms with Crippen LogP contribution in [0.5, 0.6) is 0 Å². The van der Waals surface area contributed by atoms with Gasteiger partial charge in [-0.3, -0.25) is 9.20 Å². The number of imidazole rings is 1. The predicted octanol–water partition coefficient (Wildman–Crippen LogP) is 4.21. The molecule has 5 heterocycles. The molecule has 5 rings (SSSR count). The van der Waals surface area contributed by atoms with Crippen LogP contribution in [0.3, 0.4) is 0 Å². The van der Waals surface area contributed by atoms with Crippen molar-refractivity contribution in [3.63, 3.8) is 0 Å². The smallest absolute Gasteiger partial charge is 0.258 e. The van der Waals surface area contributed by atoms with Crippen LogP contribution in [0.25, 0.3) is 22.6 Å². The molecule has 1 saturated heterocycles. The average molecular weight is 416 g/mol. The molecule has 0 N–H and O–H groups in total. The van der Waals surface area contributed by atoms with Gasteiger partial charge in [0.1, 0.15) is 11.3 Å². The van der Waals surface area contributed by atoms with Gasteiger partial charge in [-0.05, 0) is 82.8 Å². The van der Waals surface area contributed by atoms with Crippen LogP contribution in [0.4, 0.5) is 0 Å². The Morgan fingerprint density at radius 3 is 2.52 bits per heavy atom. The van der Waals surface area contributed by atoms with Crippen molar-refractivity contribution < 1.29 is 0 Å². The highest BCUT2D eigenvalue weighted by molar-refractivity contribution is 5.65. The first-order chi connectivity index (χ1) is 14.9. The molecule has 1 aliphatic heterocycles. The molecule has 0 aromatic carbocycles. The first-order valence-electron chi connectivity index (χ1n) is 11.1. The van der Waals surface area contributed by atoms with Gasteiger partial charge in [-0.15, -0.1) is 0 Å². The first-order valence-corrected chi connectivity index (χ1v) is 11.1. The highest BCUT2D eigenvalue weighted by Crippen LogP contribution is 2.29. The number of rotatable bonds is 3. The molecule has 0 unspecified atom stereocenters. The van der Waals surface area contributed by atoms with E-state index in [0.717, 1.165) is 48.4 Å². The number of hydrogen-bond acceptors (Lipinski definition) is 4. The molecule has 160 valence electrons. The molecule has 1 fully saturated rings. The summed E-state index contributed by atoms with van der Waals surface area (Å²) >= 11 is 0. The quantitative estimate of drug-likeness (QED) is 0.503. The van der Waals surface area contributed by atoms with Crippen LogP contribution in [0, 0.1) is 13.8 Å². The topological polar surface area (TPSA) is 54.9 Å². The van der Waals surface area contributed by atoms with Crippen molar-refractivity contribution in [2.24, 2.45) is 0 Å². The minimum Gasteiger partial charge on any atom is -0.306 e. The number of likely N-dealkylation sites (tertiary alicyclic amines) is 1. The molecule has 0 saturated carbocycles. The van der Waals surface area contributed by atoms with Crippen LogP contribution in [0.15, 0.2) is 47.7 Å². The molecule has 6 nitrogen and oxygen atoms in total. The van der Waals surface area contributed by atoms with Crippen molar-refractivity contribution in [1.82, 2.24) is 23.7 Å². The Kier molecular flexibility index (Phi) is 4.89. The first kappa shape index (κ1) is 19.9. The van der Waals surface area contributed by atoms with Crippen molar-refractivity contribution in [3.05, 3.63) is 70.0 Å². The standard InChI is InChI=1S/C25H29N5O/c1-16(2)28-9-7-19(8-10-28)20-5-6-23-27-22(12-24(31)30(23)15-20)21-11-17(3)25-26-18(4)13-29(25)14-21/h5-6,11-16,19H,7-10H2,1-4H3. The molecule has 0 radical (unpaired) electrons. The molecule has 31 heavy (non-hydrogen) atoms. The van der Waals surface area contributed by atoms with E-state index in [2.05, 4.69) is 35.9 Å². The summed E-state index contributed by atoms with van der Waals surface area (Å²) in [7, 11) is 0. The third-order valence-corrected chi connectivity index (χ3v) is 6.57. The summed E-state index contributed by atoms with van der Waals surface area (Å²) in [6.07, 6.45) is 8.26. The van der Waals surface area contributed by atoms with E-state index in [1.807, 2.05) is 42.9 Å². The number of aryl methyl sites for hydroxylation is 2. The SMILES string of the molecule is Cc1cn2cc(-c3cc(=O)n4cc(C5CCN(C(C)C)CC5)ccc4n3)cc(C)c2n1. The minimum absolute atomic E-state index is 0.0407. The van der Waals surface area contributed by atoms with Crippen molar-refractivity contribution in [2.75, 3.05) is 13.1 Å². The van der Waals surface area contributed by atoms with E-state index < -0.39 is 0 Å². The zero-order valence-corrected chi connectivity index (χ0v) is 18.7. The molecule has 6 heteroatoms. The van der Waals surface area contributed by atoms with Crippen LogP contribution in [-0.2, 0) is 0 Å². The Hall–Kier alpha value is -2.99. The summed E-state index contributed by atoms with van der Waals surface area (Å²) in [5, 5.41) is 0. The molecule has 1 aliphatic rings. The van der Waals surface area contributed by atoms with E-state index in [0.29, 0.717) is 23.3 Å². The monoisotopic (exact) mass is 415 g/mol. The van der Waals surface area contributed by atoms with Crippen molar-refractivity contribution in [1.29, 1.82) is 0 Å². The van der Waals surface area contributed by atoms with Gasteiger partial charge >= 0.3 is 0 Å². The molecule has 0 bridgehead atoms. The maximum atomic E-state index is 13.0. The fourth-order valence-electron chi connectivity index (χ4n) is 4.79.